The largest absolute Gasteiger partial charge is 0.483 e. The highest BCUT2D eigenvalue weighted by atomic mass is 16.5. The first kappa shape index (κ1) is 18.4. The summed E-state index contributed by atoms with van der Waals surface area (Å²) in [5, 5.41) is 6.00. The van der Waals surface area contributed by atoms with Crippen molar-refractivity contribution in [3.63, 3.8) is 0 Å². The zero-order valence-electron chi connectivity index (χ0n) is 15.6. The molecule has 0 atom stereocenters. The second kappa shape index (κ2) is 8.31. The zero-order valence-corrected chi connectivity index (χ0v) is 15.6. The van der Waals surface area contributed by atoms with E-state index in [0.717, 1.165) is 22.6 Å². The van der Waals surface area contributed by atoms with Gasteiger partial charge in [-0.2, -0.15) is 0 Å². The number of anilines is 3. The fraction of sp³-hybridized carbons (Fsp3) is 0.190. The number of rotatable bonds is 6. The van der Waals surface area contributed by atoms with Crippen molar-refractivity contribution in [3.05, 3.63) is 71.5 Å². The van der Waals surface area contributed by atoms with Crippen LogP contribution in [-0.4, -0.2) is 22.5 Å². The molecule has 0 aliphatic heterocycles. The summed E-state index contributed by atoms with van der Waals surface area (Å²) >= 11 is 0. The number of nitrogens with one attached hydrogen (secondary N) is 2. The number of para-hydroxylation sites is 1. The van der Waals surface area contributed by atoms with Gasteiger partial charge in [0, 0.05) is 22.8 Å². The Morgan fingerprint density at radius 2 is 1.63 bits per heavy atom. The van der Waals surface area contributed by atoms with Crippen LogP contribution in [0.25, 0.3) is 0 Å². The fourth-order valence-electron chi connectivity index (χ4n) is 2.64. The molecule has 1 aromatic heterocycles. The average Bonchev–Trinajstić information content (AvgIpc) is 2.60. The standard InChI is InChI=1S/C21H22N4O2/c1-14-7-4-5-10-19(14)27-13-20(26)24-17-8-6-9-18(12-17)25-21-22-15(2)11-16(3)23-21/h4-12H,13H2,1-3H3,(H,24,26)(H,22,23,25). The summed E-state index contributed by atoms with van der Waals surface area (Å²) in [4.78, 5) is 20.9. The van der Waals surface area contributed by atoms with Crippen LogP contribution in [0.15, 0.2) is 54.6 Å². The Balaban J connectivity index is 1.61. The molecule has 3 aromatic rings. The van der Waals surface area contributed by atoms with Crippen molar-refractivity contribution >= 4 is 23.2 Å². The summed E-state index contributed by atoms with van der Waals surface area (Å²) in [7, 11) is 0. The lowest BCUT2D eigenvalue weighted by Gasteiger charge is -2.11. The summed E-state index contributed by atoms with van der Waals surface area (Å²) in [6.45, 7) is 5.73. The molecule has 0 unspecified atom stereocenters. The Labute approximate surface area is 158 Å². The molecular weight excluding hydrogens is 340 g/mol. The second-order valence-electron chi connectivity index (χ2n) is 6.28. The number of benzene rings is 2. The van der Waals surface area contributed by atoms with E-state index in [1.165, 1.54) is 0 Å². The molecule has 1 heterocycles. The Bertz CT molecular complexity index is 936. The van der Waals surface area contributed by atoms with Gasteiger partial charge in [0.15, 0.2) is 6.61 Å². The van der Waals surface area contributed by atoms with Gasteiger partial charge in [-0.3, -0.25) is 4.79 Å². The number of carbonyl (C=O) groups is 1. The van der Waals surface area contributed by atoms with Crippen molar-refractivity contribution in [3.8, 4) is 5.75 Å². The molecule has 0 bridgehead atoms. The van der Waals surface area contributed by atoms with E-state index in [2.05, 4.69) is 20.6 Å². The third-order valence-corrected chi connectivity index (χ3v) is 3.84. The molecule has 0 fully saturated rings. The van der Waals surface area contributed by atoms with Gasteiger partial charge in [0.2, 0.25) is 5.95 Å². The number of hydrogen-bond donors (Lipinski definition) is 2. The lowest BCUT2D eigenvalue weighted by atomic mass is 10.2. The quantitative estimate of drug-likeness (QED) is 0.688. The minimum absolute atomic E-state index is 0.0529. The molecule has 0 aliphatic carbocycles. The van der Waals surface area contributed by atoms with Crippen LogP contribution in [0.4, 0.5) is 17.3 Å². The minimum atomic E-state index is -0.224. The second-order valence-corrected chi connectivity index (χ2v) is 6.28. The van der Waals surface area contributed by atoms with Gasteiger partial charge in [-0.25, -0.2) is 9.97 Å². The lowest BCUT2D eigenvalue weighted by Crippen LogP contribution is -2.20. The van der Waals surface area contributed by atoms with Crippen LogP contribution in [0.1, 0.15) is 17.0 Å². The minimum Gasteiger partial charge on any atom is -0.483 e. The van der Waals surface area contributed by atoms with Gasteiger partial charge in [-0.05, 0) is 56.7 Å². The van der Waals surface area contributed by atoms with Gasteiger partial charge in [0.05, 0.1) is 0 Å². The molecule has 3 rings (SSSR count). The zero-order chi connectivity index (χ0) is 19.2. The molecule has 27 heavy (non-hydrogen) atoms. The third kappa shape index (κ3) is 5.28. The summed E-state index contributed by atoms with van der Waals surface area (Å²) in [6.07, 6.45) is 0. The molecule has 0 spiro atoms. The monoisotopic (exact) mass is 362 g/mol. The van der Waals surface area contributed by atoms with Gasteiger partial charge in [0.25, 0.3) is 5.91 Å². The van der Waals surface area contributed by atoms with E-state index in [9.17, 15) is 4.79 Å². The molecule has 138 valence electrons. The molecule has 1 amide bonds. The Morgan fingerprint density at radius 3 is 2.37 bits per heavy atom. The number of amides is 1. The molecular formula is C21H22N4O2. The fourth-order valence-corrected chi connectivity index (χ4v) is 2.64. The van der Waals surface area contributed by atoms with E-state index in [4.69, 9.17) is 4.74 Å². The molecule has 0 radical (unpaired) electrons. The molecule has 6 heteroatoms. The highest BCUT2D eigenvalue weighted by Crippen LogP contribution is 2.19. The number of aryl methyl sites for hydroxylation is 3. The van der Waals surface area contributed by atoms with Crippen molar-refractivity contribution < 1.29 is 9.53 Å². The summed E-state index contributed by atoms with van der Waals surface area (Å²) in [6, 6.07) is 16.9. The first-order valence-corrected chi connectivity index (χ1v) is 8.67. The first-order valence-electron chi connectivity index (χ1n) is 8.67. The highest BCUT2D eigenvalue weighted by molar-refractivity contribution is 5.92. The van der Waals surface area contributed by atoms with Gasteiger partial charge in [0.1, 0.15) is 5.75 Å². The van der Waals surface area contributed by atoms with Crippen LogP contribution in [0.5, 0.6) is 5.75 Å². The van der Waals surface area contributed by atoms with Crippen molar-refractivity contribution in [1.29, 1.82) is 0 Å². The van der Waals surface area contributed by atoms with Gasteiger partial charge in [-0.1, -0.05) is 24.3 Å². The average molecular weight is 362 g/mol. The van der Waals surface area contributed by atoms with Crippen LogP contribution in [0.2, 0.25) is 0 Å². The summed E-state index contributed by atoms with van der Waals surface area (Å²) in [5.41, 5.74) is 4.23. The Morgan fingerprint density at radius 1 is 0.926 bits per heavy atom. The van der Waals surface area contributed by atoms with Crippen LogP contribution in [0, 0.1) is 20.8 Å². The predicted molar refractivity (Wildman–Crippen MR) is 107 cm³/mol. The molecule has 0 saturated carbocycles. The number of aromatic nitrogens is 2. The van der Waals surface area contributed by atoms with E-state index in [1.807, 2.05) is 75.4 Å². The molecule has 0 saturated heterocycles. The van der Waals surface area contributed by atoms with E-state index in [0.29, 0.717) is 17.4 Å². The van der Waals surface area contributed by atoms with Crippen molar-refractivity contribution in [1.82, 2.24) is 9.97 Å². The lowest BCUT2D eigenvalue weighted by molar-refractivity contribution is -0.118. The van der Waals surface area contributed by atoms with Crippen LogP contribution >= 0.6 is 0 Å². The van der Waals surface area contributed by atoms with Gasteiger partial charge >= 0.3 is 0 Å². The van der Waals surface area contributed by atoms with Crippen LogP contribution in [0.3, 0.4) is 0 Å². The Hall–Kier alpha value is -3.41. The number of carbonyl (C=O) groups excluding carboxylic acids is 1. The smallest absolute Gasteiger partial charge is 0.262 e. The van der Waals surface area contributed by atoms with E-state index in [-0.39, 0.29) is 12.5 Å². The molecule has 0 aliphatic rings. The van der Waals surface area contributed by atoms with Crippen LogP contribution < -0.4 is 15.4 Å². The van der Waals surface area contributed by atoms with Crippen molar-refractivity contribution in [2.75, 3.05) is 17.2 Å². The summed E-state index contributed by atoms with van der Waals surface area (Å²) < 4.78 is 5.58. The molecule has 2 N–H and O–H groups in total. The number of ether oxygens (including phenoxy) is 1. The maximum absolute atomic E-state index is 12.2. The topological polar surface area (TPSA) is 76.1 Å². The number of hydrogen-bond acceptors (Lipinski definition) is 5. The van der Waals surface area contributed by atoms with Crippen molar-refractivity contribution in [2.24, 2.45) is 0 Å². The number of nitrogens with zero attached hydrogens (tertiary/aromatic N) is 2. The maximum Gasteiger partial charge on any atom is 0.262 e. The van der Waals surface area contributed by atoms with Crippen molar-refractivity contribution in [2.45, 2.75) is 20.8 Å². The van der Waals surface area contributed by atoms with Crippen LogP contribution in [-0.2, 0) is 4.79 Å². The van der Waals surface area contributed by atoms with E-state index in [1.54, 1.807) is 0 Å². The first-order chi connectivity index (χ1) is 13.0. The van der Waals surface area contributed by atoms with E-state index < -0.39 is 0 Å². The Kier molecular flexibility index (Phi) is 5.66. The normalized spacial score (nSPS) is 10.3. The predicted octanol–water partition coefficient (Wildman–Crippen LogP) is 4.16. The SMILES string of the molecule is Cc1cc(C)nc(Nc2cccc(NC(=O)COc3ccccc3C)c2)n1. The summed E-state index contributed by atoms with van der Waals surface area (Å²) in [5.74, 6) is 1.01. The van der Waals surface area contributed by atoms with E-state index >= 15 is 0 Å². The molecule has 2 aromatic carbocycles. The molecule has 6 nitrogen and oxygen atoms in total. The maximum atomic E-state index is 12.2. The van der Waals surface area contributed by atoms with Gasteiger partial charge < -0.3 is 15.4 Å². The third-order valence-electron chi connectivity index (χ3n) is 3.84. The van der Waals surface area contributed by atoms with Gasteiger partial charge in [-0.15, -0.1) is 0 Å². The highest BCUT2D eigenvalue weighted by Gasteiger charge is 2.07.